The molecule has 5 rings (SSSR count). The van der Waals surface area contributed by atoms with Gasteiger partial charge < -0.3 is 14.6 Å². The molecule has 0 saturated carbocycles. The highest BCUT2D eigenvalue weighted by Gasteiger charge is 2.33. The van der Waals surface area contributed by atoms with Gasteiger partial charge in [0.15, 0.2) is 22.1 Å². The summed E-state index contributed by atoms with van der Waals surface area (Å²) in [5, 5.41) is 11.9. The molecule has 1 aliphatic heterocycles. The van der Waals surface area contributed by atoms with Crippen molar-refractivity contribution >= 4 is 49.9 Å². The zero-order chi connectivity index (χ0) is 26.4. The van der Waals surface area contributed by atoms with Gasteiger partial charge in [-0.3, -0.25) is 14.2 Å². The lowest BCUT2D eigenvalue weighted by Crippen LogP contribution is -2.39. The van der Waals surface area contributed by atoms with Crippen LogP contribution in [0.15, 0.2) is 74.1 Å². The molecule has 1 aliphatic rings. The number of Topliss-reactive ketones (excluding diaryl/α,β-unsaturated/α-hetero) is 1. The lowest BCUT2D eigenvalue weighted by Gasteiger charge is -2.27. The molecule has 9 heteroatoms. The van der Waals surface area contributed by atoms with E-state index in [0.717, 1.165) is 16.3 Å². The van der Waals surface area contributed by atoms with Crippen molar-refractivity contribution in [3.05, 3.63) is 95.1 Å². The molecule has 7 nitrogen and oxygen atoms in total. The molecule has 2 heterocycles. The Bertz CT molecular complexity index is 1800. The average molecular weight is 579 g/mol. The number of thiazole rings is 1. The topological polar surface area (TPSA) is 90.1 Å². The predicted octanol–water partition coefficient (Wildman–Crippen LogP) is 4.46. The van der Waals surface area contributed by atoms with Crippen molar-refractivity contribution < 1.29 is 19.4 Å². The molecule has 4 aromatic rings. The number of fused-ring (bicyclic) bond motifs is 2. The lowest BCUT2D eigenvalue weighted by molar-refractivity contribution is -0.114. The number of phenolic OH excluding ortho intramolecular Hbond substituents is 1. The predicted molar refractivity (Wildman–Crippen MR) is 147 cm³/mol. The molecular weight excluding hydrogens is 556 g/mol. The normalized spacial score (nSPS) is 15.5. The largest absolute Gasteiger partial charge is 0.504 e. The summed E-state index contributed by atoms with van der Waals surface area (Å²) in [6, 6.07) is 14.1. The number of carbonyl (C=O) groups excluding carboxylic acids is 1. The minimum absolute atomic E-state index is 0.0160. The van der Waals surface area contributed by atoms with E-state index in [1.54, 1.807) is 30.7 Å². The Balaban J connectivity index is 1.85. The van der Waals surface area contributed by atoms with E-state index in [9.17, 15) is 14.7 Å². The molecule has 1 atom stereocenters. The third kappa shape index (κ3) is 4.18. The maximum atomic E-state index is 14.0. The number of ether oxygens (including phenoxy) is 2. The highest BCUT2D eigenvalue weighted by Crippen LogP contribution is 2.40. The van der Waals surface area contributed by atoms with Crippen molar-refractivity contribution in [2.24, 2.45) is 4.99 Å². The van der Waals surface area contributed by atoms with E-state index in [4.69, 9.17) is 9.47 Å². The second-order valence-electron chi connectivity index (χ2n) is 8.59. The average Bonchev–Trinajstić information content (AvgIpc) is 3.18. The fourth-order valence-corrected chi connectivity index (χ4v) is 6.24. The van der Waals surface area contributed by atoms with Crippen LogP contribution in [0.4, 0.5) is 0 Å². The number of rotatable bonds is 5. The molecule has 0 spiro atoms. The van der Waals surface area contributed by atoms with Crippen LogP contribution in [-0.2, 0) is 4.79 Å². The summed E-state index contributed by atoms with van der Waals surface area (Å²) in [5.74, 6) is 0.687. The number of benzene rings is 3. The molecule has 0 radical (unpaired) electrons. The Morgan fingerprint density at radius 3 is 2.57 bits per heavy atom. The first-order chi connectivity index (χ1) is 17.7. The van der Waals surface area contributed by atoms with Gasteiger partial charge in [-0.15, -0.1) is 0 Å². The van der Waals surface area contributed by atoms with E-state index in [2.05, 4.69) is 20.9 Å². The minimum atomic E-state index is -0.713. The van der Waals surface area contributed by atoms with E-state index in [1.807, 2.05) is 36.4 Å². The number of ketones is 1. The second kappa shape index (κ2) is 9.64. The number of allylic oxidation sites excluding steroid dienone is 2. The maximum Gasteiger partial charge on any atom is 0.271 e. The molecule has 188 valence electrons. The first-order valence-electron chi connectivity index (χ1n) is 11.4. The summed E-state index contributed by atoms with van der Waals surface area (Å²) in [6.07, 6.45) is 1.72. The first kappa shape index (κ1) is 25.0. The SMILES string of the molecule is COc1cc(C=c2sc3n(c2=O)[C@@H](c2c(OC)ccc4ccccc24)C(C(C)=O)=C(C)N=3)c(Br)cc1O. The summed E-state index contributed by atoms with van der Waals surface area (Å²) in [6.45, 7) is 3.29. The fourth-order valence-electron chi connectivity index (χ4n) is 4.75. The van der Waals surface area contributed by atoms with E-state index in [-0.39, 0.29) is 22.8 Å². The molecule has 1 aromatic heterocycles. The second-order valence-corrected chi connectivity index (χ2v) is 10.4. The Labute approximate surface area is 224 Å². The van der Waals surface area contributed by atoms with Crippen molar-refractivity contribution in [1.29, 1.82) is 0 Å². The standard InChI is InChI=1S/C28H23BrN2O5S/c1-14-24(15(2)32)26(25-18-8-6-5-7-16(18)9-10-21(25)35-3)31-27(34)23(37-28(31)30-14)12-17-11-22(36-4)20(33)13-19(17)29/h5-13,26,33H,1-4H3/t26-/m1/s1. The number of phenols is 1. The zero-order valence-corrected chi connectivity index (χ0v) is 22.9. The molecule has 0 saturated heterocycles. The summed E-state index contributed by atoms with van der Waals surface area (Å²) in [5.41, 5.74) is 2.12. The quantitative estimate of drug-likeness (QED) is 0.377. The monoisotopic (exact) mass is 578 g/mol. The van der Waals surface area contributed by atoms with Gasteiger partial charge in [-0.1, -0.05) is 57.6 Å². The molecule has 3 aromatic carbocycles. The van der Waals surface area contributed by atoms with Gasteiger partial charge in [0, 0.05) is 21.3 Å². The van der Waals surface area contributed by atoms with Gasteiger partial charge in [0.25, 0.3) is 5.56 Å². The van der Waals surface area contributed by atoms with Crippen LogP contribution in [0, 0.1) is 0 Å². The number of hydrogen-bond donors (Lipinski definition) is 1. The summed E-state index contributed by atoms with van der Waals surface area (Å²) in [7, 11) is 3.04. The molecule has 37 heavy (non-hydrogen) atoms. The van der Waals surface area contributed by atoms with Gasteiger partial charge in [0.1, 0.15) is 5.75 Å². The Morgan fingerprint density at radius 2 is 1.86 bits per heavy atom. The van der Waals surface area contributed by atoms with Crippen LogP contribution in [-0.4, -0.2) is 29.7 Å². The number of methoxy groups -OCH3 is 2. The van der Waals surface area contributed by atoms with Crippen molar-refractivity contribution in [3.8, 4) is 17.2 Å². The third-order valence-corrected chi connectivity index (χ3v) is 8.08. The van der Waals surface area contributed by atoms with Crippen LogP contribution < -0.4 is 24.4 Å². The first-order valence-corrected chi connectivity index (χ1v) is 13.0. The fraction of sp³-hybridized carbons (Fsp3) is 0.179. The van der Waals surface area contributed by atoms with Crippen molar-refractivity contribution in [3.63, 3.8) is 0 Å². The number of hydrogen-bond acceptors (Lipinski definition) is 7. The summed E-state index contributed by atoms with van der Waals surface area (Å²) >= 11 is 4.69. The molecule has 0 unspecified atom stereocenters. The maximum absolute atomic E-state index is 14.0. The molecule has 1 N–H and O–H groups in total. The van der Waals surface area contributed by atoms with E-state index in [1.165, 1.54) is 31.4 Å². The lowest BCUT2D eigenvalue weighted by atomic mass is 9.89. The van der Waals surface area contributed by atoms with Gasteiger partial charge in [-0.05, 0) is 54.5 Å². The van der Waals surface area contributed by atoms with Crippen LogP contribution >= 0.6 is 27.3 Å². The van der Waals surface area contributed by atoms with Crippen molar-refractivity contribution in [2.75, 3.05) is 14.2 Å². The highest BCUT2D eigenvalue weighted by molar-refractivity contribution is 9.10. The molecular formula is C28H23BrN2O5S. The highest BCUT2D eigenvalue weighted by atomic mass is 79.9. The van der Waals surface area contributed by atoms with Crippen LogP contribution in [0.5, 0.6) is 17.2 Å². The Kier molecular flexibility index (Phi) is 6.51. The van der Waals surface area contributed by atoms with E-state index >= 15 is 0 Å². The molecule has 0 fully saturated rings. The van der Waals surface area contributed by atoms with E-state index < -0.39 is 6.04 Å². The minimum Gasteiger partial charge on any atom is -0.504 e. The van der Waals surface area contributed by atoms with Gasteiger partial charge >= 0.3 is 0 Å². The number of halogens is 1. The molecule has 0 bridgehead atoms. The third-order valence-electron chi connectivity index (χ3n) is 6.41. The smallest absolute Gasteiger partial charge is 0.271 e. The van der Waals surface area contributed by atoms with Crippen LogP contribution in [0.3, 0.4) is 0 Å². The number of carbonyl (C=O) groups is 1. The number of aromatic hydroxyl groups is 1. The Hall–Kier alpha value is -3.69. The zero-order valence-electron chi connectivity index (χ0n) is 20.5. The van der Waals surface area contributed by atoms with Gasteiger partial charge in [-0.25, -0.2) is 4.99 Å². The van der Waals surface area contributed by atoms with Crippen LogP contribution in [0.1, 0.15) is 31.0 Å². The Morgan fingerprint density at radius 1 is 1.14 bits per heavy atom. The number of aromatic nitrogens is 1. The van der Waals surface area contributed by atoms with Gasteiger partial charge in [0.2, 0.25) is 0 Å². The van der Waals surface area contributed by atoms with Gasteiger partial charge in [0.05, 0.1) is 24.8 Å². The van der Waals surface area contributed by atoms with Crippen LogP contribution in [0.2, 0.25) is 0 Å². The molecule has 0 aliphatic carbocycles. The van der Waals surface area contributed by atoms with Gasteiger partial charge in [-0.2, -0.15) is 0 Å². The summed E-state index contributed by atoms with van der Waals surface area (Å²) < 4.78 is 13.6. The van der Waals surface area contributed by atoms with Crippen molar-refractivity contribution in [1.82, 2.24) is 4.57 Å². The van der Waals surface area contributed by atoms with Crippen LogP contribution in [0.25, 0.3) is 16.8 Å². The number of nitrogens with zero attached hydrogens (tertiary/aromatic N) is 2. The molecule has 0 amide bonds. The summed E-state index contributed by atoms with van der Waals surface area (Å²) in [4.78, 5) is 32.1. The van der Waals surface area contributed by atoms with E-state index in [0.29, 0.717) is 36.4 Å². The van der Waals surface area contributed by atoms with Crippen molar-refractivity contribution in [2.45, 2.75) is 19.9 Å².